The molecule has 26 heavy (non-hydrogen) atoms. The SMILES string of the molecule is C/C=C/c1cc(N2CCOCC2)nc2c(-c3ccn[nH]3)nccc12.CC. The lowest BCUT2D eigenvalue weighted by molar-refractivity contribution is 0.122. The Morgan fingerprint density at radius 3 is 2.65 bits per heavy atom. The third-order valence-electron chi connectivity index (χ3n) is 4.18. The summed E-state index contributed by atoms with van der Waals surface area (Å²) in [6, 6.07) is 6.07. The molecule has 1 fully saturated rings. The van der Waals surface area contributed by atoms with Crippen LogP contribution in [0.1, 0.15) is 26.3 Å². The standard InChI is InChI=1S/C18H19N5O.C2H6/c1-2-3-13-12-16(23-8-10-24-11-9-23)21-17-14(13)4-6-19-18(17)15-5-7-20-22-15;1-2/h2-7,12H,8-11H2,1H3,(H,20,22);1-2H3/b3-2+;. The number of nitrogens with zero attached hydrogens (tertiary/aromatic N) is 4. The molecule has 0 aromatic carbocycles. The van der Waals surface area contributed by atoms with Gasteiger partial charge in [0.25, 0.3) is 0 Å². The highest BCUT2D eigenvalue weighted by Gasteiger charge is 2.17. The van der Waals surface area contributed by atoms with Crippen molar-refractivity contribution >= 4 is 22.8 Å². The third kappa shape index (κ3) is 3.60. The summed E-state index contributed by atoms with van der Waals surface area (Å²) in [6.45, 7) is 9.21. The van der Waals surface area contributed by atoms with Gasteiger partial charge in [0.1, 0.15) is 17.0 Å². The van der Waals surface area contributed by atoms with Gasteiger partial charge in [0.15, 0.2) is 0 Å². The number of morpholine rings is 1. The second kappa shape index (κ2) is 8.58. The maximum Gasteiger partial charge on any atom is 0.130 e. The number of H-pyrrole nitrogens is 1. The quantitative estimate of drug-likeness (QED) is 0.775. The molecule has 1 saturated heterocycles. The minimum Gasteiger partial charge on any atom is -0.378 e. The fourth-order valence-corrected chi connectivity index (χ4v) is 3.02. The van der Waals surface area contributed by atoms with E-state index in [1.165, 1.54) is 0 Å². The van der Waals surface area contributed by atoms with Crippen molar-refractivity contribution in [2.45, 2.75) is 20.8 Å². The highest BCUT2D eigenvalue weighted by molar-refractivity contribution is 5.96. The van der Waals surface area contributed by atoms with Crippen molar-refractivity contribution < 1.29 is 4.74 Å². The second-order valence-electron chi connectivity index (χ2n) is 5.70. The topological polar surface area (TPSA) is 66.9 Å². The first-order valence-corrected chi connectivity index (χ1v) is 9.11. The number of fused-ring (bicyclic) bond motifs is 1. The molecule has 4 rings (SSSR count). The van der Waals surface area contributed by atoms with Gasteiger partial charge in [-0.3, -0.25) is 10.1 Å². The van der Waals surface area contributed by atoms with Crippen LogP contribution in [0.15, 0.2) is 36.7 Å². The molecule has 0 bridgehead atoms. The molecule has 3 aromatic rings. The van der Waals surface area contributed by atoms with Crippen LogP contribution in [0.2, 0.25) is 0 Å². The van der Waals surface area contributed by atoms with Crippen molar-refractivity contribution in [2.24, 2.45) is 0 Å². The predicted molar refractivity (Wildman–Crippen MR) is 106 cm³/mol. The lowest BCUT2D eigenvalue weighted by Crippen LogP contribution is -2.36. The van der Waals surface area contributed by atoms with Crippen LogP contribution in [0.3, 0.4) is 0 Å². The number of aromatic amines is 1. The van der Waals surface area contributed by atoms with E-state index in [0.29, 0.717) is 0 Å². The highest BCUT2D eigenvalue weighted by atomic mass is 16.5. The number of aromatic nitrogens is 4. The van der Waals surface area contributed by atoms with E-state index < -0.39 is 0 Å². The number of rotatable bonds is 3. The number of allylic oxidation sites excluding steroid dienone is 1. The molecule has 6 heteroatoms. The molecule has 0 aliphatic carbocycles. The summed E-state index contributed by atoms with van der Waals surface area (Å²) in [6.07, 6.45) is 7.72. The van der Waals surface area contributed by atoms with Gasteiger partial charge in [-0.15, -0.1) is 0 Å². The molecule has 0 radical (unpaired) electrons. The molecular weight excluding hydrogens is 326 g/mol. The van der Waals surface area contributed by atoms with Crippen LogP contribution in [-0.2, 0) is 4.74 Å². The van der Waals surface area contributed by atoms with E-state index in [0.717, 1.165) is 60.0 Å². The van der Waals surface area contributed by atoms with Gasteiger partial charge in [-0.05, 0) is 30.7 Å². The van der Waals surface area contributed by atoms with Gasteiger partial charge in [0.05, 0.1) is 18.9 Å². The lowest BCUT2D eigenvalue weighted by atomic mass is 10.1. The number of pyridine rings is 2. The summed E-state index contributed by atoms with van der Waals surface area (Å²) in [5.74, 6) is 0.965. The normalized spacial score (nSPS) is 14.5. The van der Waals surface area contributed by atoms with E-state index in [1.54, 1.807) is 6.20 Å². The zero-order valence-corrected chi connectivity index (χ0v) is 15.6. The molecule has 0 atom stereocenters. The third-order valence-corrected chi connectivity index (χ3v) is 4.18. The number of hydrogen-bond donors (Lipinski definition) is 1. The zero-order chi connectivity index (χ0) is 18.4. The van der Waals surface area contributed by atoms with Gasteiger partial charge in [-0.1, -0.05) is 26.0 Å². The van der Waals surface area contributed by atoms with Gasteiger partial charge in [-0.2, -0.15) is 5.10 Å². The molecule has 136 valence electrons. The first-order chi connectivity index (χ1) is 12.9. The van der Waals surface area contributed by atoms with Crippen LogP contribution >= 0.6 is 0 Å². The minimum absolute atomic E-state index is 0.735. The largest absolute Gasteiger partial charge is 0.378 e. The van der Waals surface area contributed by atoms with Gasteiger partial charge in [0, 0.05) is 30.9 Å². The maximum absolute atomic E-state index is 5.46. The fourth-order valence-electron chi connectivity index (χ4n) is 3.02. The van der Waals surface area contributed by atoms with Crippen molar-refractivity contribution in [1.82, 2.24) is 20.2 Å². The Kier molecular flexibility index (Phi) is 5.96. The van der Waals surface area contributed by atoms with E-state index in [2.05, 4.69) is 32.2 Å². The average molecular weight is 351 g/mol. The fraction of sp³-hybridized carbons (Fsp3) is 0.350. The molecule has 1 aliphatic rings. The van der Waals surface area contributed by atoms with Gasteiger partial charge in [-0.25, -0.2) is 4.98 Å². The molecule has 0 saturated carbocycles. The van der Waals surface area contributed by atoms with E-state index in [1.807, 2.05) is 45.2 Å². The molecule has 6 nitrogen and oxygen atoms in total. The second-order valence-corrected chi connectivity index (χ2v) is 5.70. The van der Waals surface area contributed by atoms with E-state index in [-0.39, 0.29) is 0 Å². The summed E-state index contributed by atoms with van der Waals surface area (Å²) >= 11 is 0. The van der Waals surface area contributed by atoms with Crippen molar-refractivity contribution in [1.29, 1.82) is 0 Å². The van der Waals surface area contributed by atoms with E-state index in [4.69, 9.17) is 9.72 Å². The number of ether oxygens (including phenoxy) is 1. The number of nitrogens with one attached hydrogen (secondary N) is 1. The monoisotopic (exact) mass is 351 g/mol. The van der Waals surface area contributed by atoms with Crippen molar-refractivity contribution in [2.75, 3.05) is 31.2 Å². The minimum atomic E-state index is 0.735. The van der Waals surface area contributed by atoms with Crippen molar-refractivity contribution in [3.8, 4) is 11.4 Å². The molecule has 0 unspecified atom stereocenters. The lowest BCUT2D eigenvalue weighted by Gasteiger charge is -2.28. The van der Waals surface area contributed by atoms with Crippen LogP contribution in [-0.4, -0.2) is 46.5 Å². The molecule has 1 aliphatic heterocycles. The van der Waals surface area contributed by atoms with E-state index >= 15 is 0 Å². The molecule has 4 heterocycles. The molecule has 0 amide bonds. The van der Waals surface area contributed by atoms with Crippen LogP contribution in [0.5, 0.6) is 0 Å². The Morgan fingerprint density at radius 2 is 1.96 bits per heavy atom. The average Bonchev–Trinajstić information content (AvgIpc) is 3.24. The van der Waals surface area contributed by atoms with Gasteiger partial charge in [0.2, 0.25) is 0 Å². The summed E-state index contributed by atoms with van der Waals surface area (Å²) in [5, 5.41) is 8.12. The van der Waals surface area contributed by atoms with Crippen molar-refractivity contribution in [3.63, 3.8) is 0 Å². The zero-order valence-electron chi connectivity index (χ0n) is 15.6. The summed E-state index contributed by atoms with van der Waals surface area (Å²) < 4.78 is 5.46. The molecule has 0 spiro atoms. The number of hydrogen-bond acceptors (Lipinski definition) is 5. The summed E-state index contributed by atoms with van der Waals surface area (Å²) in [4.78, 5) is 11.7. The van der Waals surface area contributed by atoms with Crippen LogP contribution in [0, 0.1) is 0 Å². The Balaban J connectivity index is 0.000000948. The Morgan fingerprint density at radius 1 is 1.15 bits per heavy atom. The first kappa shape index (κ1) is 18.1. The molecular formula is C20H25N5O. The van der Waals surface area contributed by atoms with Crippen molar-refractivity contribution in [3.05, 3.63) is 42.2 Å². The van der Waals surface area contributed by atoms with Crippen LogP contribution in [0.4, 0.5) is 5.82 Å². The van der Waals surface area contributed by atoms with Crippen LogP contribution < -0.4 is 4.90 Å². The first-order valence-electron chi connectivity index (χ1n) is 9.11. The summed E-state index contributed by atoms with van der Waals surface area (Å²) in [7, 11) is 0. The van der Waals surface area contributed by atoms with Gasteiger partial charge < -0.3 is 9.64 Å². The highest BCUT2D eigenvalue weighted by Crippen LogP contribution is 2.30. The Bertz CT molecular complexity index is 867. The van der Waals surface area contributed by atoms with Crippen LogP contribution in [0.25, 0.3) is 28.4 Å². The summed E-state index contributed by atoms with van der Waals surface area (Å²) in [5.41, 5.74) is 3.73. The maximum atomic E-state index is 5.46. The number of anilines is 1. The smallest absolute Gasteiger partial charge is 0.130 e. The molecule has 1 N–H and O–H groups in total. The molecule has 3 aromatic heterocycles. The predicted octanol–water partition coefficient (Wildman–Crippen LogP) is 3.92. The van der Waals surface area contributed by atoms with Gasteiger partial charge >= 0.3 is 0 Å². The Labute approximate surface area is 153 Å². The Hall–Kier alpha value is -2.73. The van der Waals surface area contributed by atoms with E-state index in [9.17, 15) is 0 Å².